The number of nitrogens with one attached hydrogen (secondary N) is 1. The van der Waals surface area contributed by atoms with Gasteiger partial charge >= 0.3 is 6.09 Å². The highest BCUT2D eigenvalue weighted by atomic mass is 19.1. The molecule has 0 radical (unpaired) electrons. The number of likely N-dealkylation sites (tertiary alicyclic amines) is 1. The van der Waals surface area contributed by atoms with Crippen LogP contribution in [0.15, 0.2) is 18.2 Å². The third-order valence-electron chi connectivity index (χ3n) is 4.31. The van der Waals surface area contributed by atoms with Crippen molar-refractivity contribution in [3.05, 3.63) is 35.1 Å². The molecule has 1 aromatic carbocycles. The van der Waals surface area contributed by atoms with Crippen molar-refractivity contribution in [3.8, 4) is 0 Å². The predicted molar refractivity (Wildman–Crippen MR) is 95.1 cm³/mol. The van der Waals surface area contributed by atoms with Gasteiger partial charge in [-0.1, -0.05) is 6.07 Å². The molecule has 0 bridgehead atoms. The summed E-state index contributed by atoms with van der Waals surface area (Å²) < 4.78 is 18.4. The largest absolute Gasteiger partial charge is 0.444 e. The summed E-state index contributed by atoms with van der Waals surface area (Å²) in [7, 11) is 0. The summed E-state index contributed by atoms with van der Waals surface area (Å²) in [5.41, 5.74) is 0.659. The number of aliphatic hydroxyl groups excluding tert-OH is 1. The molecular formula is C19H27FN2O4. The maximum atomic E-state index is 13.3. The molecule has 144 valence electrons. The van der Waals surface area contributed by atoms with Crippen LogP contribution in [0, 0.1) is 12.7 Å². The Balaban J connectivity index is 1.98. The quantitative estimate of drug-likeness (QED) is 0.840. The van der Waals surface area contributed by atoms with E-state index in [4.69, 9.17) is 4.74 Å². The molecule has 2 rings (SSSR count). The minimum Gasteiger partial charge on any atom is -0.444 e. The first-order valence-corrected chi connectivity index (χ1v) is 8.79. The molecule has 26 heavy (non-hydrogen) atoms. The van der Waals surface area contributed by atoms with E-state index in [-0.39, 0.29) is 24.8 Å². The number of alkyl carbamates (subject to hydrolysis) is 1. The Bertz CT molecular complexity index is 672. The average molecular weight is 366 g/mol. The van der Waals surface area contributed by atoms with E-state index in [9.17, 15) is 19.1 Å². The van der Waals surface area contributed by atoms with E-state index in [1.807, 2.05) is 0 Å². The van der Waals surface area contributed by atoms with Gasteiger partial charge in [0.2, 0.25) is 5.91 Å². The van der Waals surface area contributed by atoms with E-state index in [1.165, 1.54) is 12.1 Å². The summed E-state index contributed by atoms with van der Waals surface area (Å²) in [6.07, 6.45) is -0.586. The number of aliphatic hydroxyl groups is 1. The van der Waals surface area contributed by atoms with Gasteiger partial charge in [0.25, 0.3) is 0 Å². The van der Waals surface area contributed by atoms with Gasteiger partial charge in [0.15, 0.2) is 0 Å². The van der Waals surface area contributed by atoms with Crippen LogP contribution in [0.2, 0.25) is 0 Å². The summed E-state index contributed by atoms with van der Waals surface area (Å²) >= 11 is 0. The van der Waals surface area contributed by atoms with Crippen molar-refractivity contribution >= 4 is 12.0 Å². The molecule has 1 aliphatic heterocycles. The number of carbonyl (C=O) groups is 2. The monoisotopic (exact) mass is 366 g/mol. The standard InChI is InChI=1S/C19H27FN2O4/c1-12-11-13(20)5-6-14(12)17(24)15-7-8-16(23)22(15)10-9-21-18(25)26-19(2,3)4/h5-6,11,15,17,24H,7-10H2,1-4H3,(H,21,25)/t15-,17?/m0/s1. The van der Waals surface area contributed by atoms with Gasteiger partial charge in [-0.15, -0.1) is 0 Å². The first kappa shape index (κ1) is 20.2. The van der Waals surface area contributed by atoms with Crippen LogP contribution in [-0.4, -0.2) is 46.7 Å². The van der Waals surface area contributed by atoms with Crippen LogP contribution >= 0.6 is 0 Å². The highest BCUT2D eigenvalue weighted by Gasteiger charge is 2.36. The first-order chi connectivity index (χ1) is 12.1. The first-order valence-electron chi connectivity index (χ1n) is 8.79. The van der Waals surface area contributed by atoms with E-state index in [2.05, 4.69) is 5.32 Å². The molecule has 1 heterocycles. The molecule has 0 aromatic heterocycles. The van der Waals surface area contributed by atoms with E-state index < -0.39 is 23.8 Å². The zero-order chi connectivity index (χ0) is 19.5. The lowest BCUT2D eigenvalue weighted by Gasteiger charge is -2.30. The SMILES string of the molecule is Cc1cc(F)ccc1C(O)[C@@H]1CCC(=O)N1CCNC(=O)OC(C)(C)C. The fourth-order valence-electron chi connectivity index (χ4n) is 3.15. The Morgan fingerprint density at radius 3 is 2.77 bits per heavy atom. The Kier molecular flexibility index (Phi) is 6.23. The molecule has 0 aliphatic carbocycles. The molecule has 1 unspecified atom stereocenters. The fourth-order valence-corrected chi connectivity index (χ4v) is 3.15. The predicted octanol–water partition coefficient (Wildman–Crippen LogP) is 2.68. The van der Waals surface area contributed by atoms with Crippen molar-refractivity contribution in [3.63, 3.8) is 0 Å². The van der Waals surface area contributed by atoms with Crippen LogP contribution in [-0.2, 0) is 9.53 Å². The summed E-state index contributed by atoms with van der Waals surface area (Å²) in [5.74, 6) is -0.431. The topological polar surface area (TPSA) is 78.9 Å². The van der Waals surface area contributed by atoms with Crippen molar-refractivity contribution in [2.45, 2.75) is 58.3 Å². The van der Waals surface area contributed by atoms with Crippen molar-refractivity contribution in [2.75, 3.05) is 13.1 Å². The number of benzene rings is 1. The number of nitrogens with zero attached hydrogens (tertiary/aromatic N) is 1. The lowest BCUT2D eigenvalue weighted by Crippen LogP contribution is -2.43. The van der Waals surface area contributed by atoms with Crippen molar-refractivity contribution in [1.29, 1.82) is 0 Å². The van der Waals surface area contributed by atoms with E-state index in [1.54, 1.807) is 38.7 Å². The Hall–Kier alpha value is -2.15. The van der Waals surface area contributed by atoms with E-state index in [0.29, 0.717) is 24.0 Å². The van der Waals surface area contributed by atoms with E-state index >= 15 is 0 Å². The molecule has 6 nitrogen and oxygen atoms in total. The molecule has 1 aromatic rings. The highest BCUT2D eigenvalue weighted by Crippen LogP contribution is 2.31. The van der Waals surface area contributed by atoms with Crippen LogP contribution in [0.5, 0.6) is 0 Å². The van der Waals surface area contributed by atoms with Gasteiger partial charge < -0.3 is 20.1 Å². The van der Waals surface area contributed by atoms with Gasteiger partial charge in [0, 0.05) is 19.5 Å². The van der Waals surface area contributed by atoms with Crippen LogP contribution in [0.1, 0.15) is 50.8 Å². The highest BCUT2D eigenvalue weighted by molar-refractivity contribution is 5.79. The number of carbonyl (C=O) groups excluding carboxylic acids is 2. The van der Waals surface area contributed by atoms with E-state index in [0.717, 1.165) is 0 Å². The molecular weight excluding hydrogens is 339 g/mol. The summed E-state index contributed by atoms with van der Waals surface area (Å²) in [6.45, 7) is 7.55. The van der Waals surface area contributed by atoms with Gasteiger partial charge in [-0.25, -0.2) is 9.18 Å². The van der Waals surface area contributed by atoms with Crippen molar-refractivity contribution < 1.29 is 23.8 Å². The fraction of sp³-hybridized carbons (Fsp3) is 0.579. The van der Waals surface area contributed by atoms with Gasteiger partial charge in [-0.3, -0.25) is 4.79 Å². The molecule has 7 heteroatoms. The number of ether oxygens (including phenoxy) is 1. The number of halogens is 1. The third kappa shape index (κ3) is 5.17. The summed E-state index contributed by atoms with van der Waals surface area (Å²) in [5, 5.41) is 13.3. The molecule has 1 fully saturated rings. The number of hydrogen-bond acceptors (Lipinski definition) is 4. The molecule has 0 spiro atoms. The maximum Gasteiger partial charge on any atom is 0.407 e. The number of hydrogen-bond donors (Lipinski definition) is 2. The average Bonchev–Trinajstić information content (AvgIpc) is 2.86. The minimum absolute atomic E-state index is 0.0696. The lowest BCUT2D eigenvalue weighted by molar-refractivity contribution is -0.130. The Morgan fingerprint density at radius 1 is 1.46 bits per heavy atom. The third-order valence-corrected chi connectivity index (χ3v) is 4.31. The summed E-state index contributed by atoms with van der Waals surface area (Å²) in [4.78, 5) is 25.5. The minimum atomic E-state index is -0.899. The van der Waals surface area contributed by atoms with Crippen LogP contribution in [0.4, 0.5) is 9.18 Å². The normalized spacial score (nSPS) is 18.8. The number of amides is 2. The van der Waals surface area contributed by atoms with Crippen molar-refractivity contribution in [2.24, 2.45) is 0 Å². The Labute approximate surface area is 153 Å². The van der Waals surface area contributed by atoms with Crippen LogP contribution in [0.25, 0.3) is 0 Å². The smallest absolute Gasteiger partial charge is 0.407 e. The Morgan fingerprint density at radius 2 is 2.15 bits per heavy atom. The number of rotatable bonds is 5. The molecule has 2 atom stereocenters. The molecule has 2 amide bonds. The molecule has 0 saturated carbocycles. The van der Waals surface area contributed by atoms with Gasteiger partial charge in [0.05, 0.1) is 12.1 Å². The molecule has 2 N–H and O–H groups in total. The second kappa shape index (κ2) is 8.03. The second-order valence-corrected chi connectivity index (χ2v) is 7.57. The van der Waals surface area contributed by atoms with Crippen LogP contribution < -0.4 is 5.32 Å². The van der Waals surface area contributed by atoms with Crippen LogP contribution in [0.3, 0.4) is 0 Å². The zero-order valence-electron chi connectivity index (χ0n) is 15.7. The summed E-state index contributed by atoms with van der Waals surface area (Å²) in [6, 6.07) is 3.82. The molecule has 1 aliphatic rings. The van der Waals surface area contributed by atoms with Gasteiger partial charge in [-0.05, 0) is 57.4 Å². The lowest BCUT2D eigenvalue weighted by atomic mass is 9.96. The number of aryl methyl sites for hydroxylation is 1. The van der Waals surface area contributed by atoms with Crippen molar-refractivity contribution in [1.82, 2.24) is 10.2 Å². The van der Waals surface area contributed by atoms with Gasteiger partial charge in [0.1, 0.15) is 11.4 Å². The second-order valence-electron chi connectivity index (χ2n) is 7.57. The maximum absolute atomic E-state index is 13.3. The molecule has 1 saturated heterocycles. The van der Waals surface area contributed by atoms with Gasteiger partial charge in [-0.2, -0.15) is 0 Å². The zero-order valence-corrected chi connectivity index (χ0v) is 15.7.